The van der Waals surface area contributed by atoms with E-state index in [1.807, 2.05) is 30.3 Å². The fraction of sp³-hybridized carbons (Fsp3) is 0.211. The Labute approximate surface area is 156 Å². The van der Waals surface area contributed by atoms with Crippen molar-refractivity contribution in [1.82, 2.24) is 35.0 Å². The number of benzene rings is 2. The molecule has 0 saturated heterocycles. The summed E-state index contributed by atoms with van der Waals surface area (Å²) >= 11 is 0. The van der Waals surface area contributed by atoms with Crippen LogP contribution in [0.3, 0.4) is 0 Å². The molecule has 8 heteroatoms. The number of fused-ring (bicyclic) bond motifs is 1. The lowest BCUT2D eigenvalue weighted by Crippen LogP contribution is -2.35. The Hall–Kier alpha value is -3.55. The summed E-state index contributed by atoms with van der Waals surface area (Å²) in [6.45, 7) is 4.25. The Morgan fingerprint density at radius 3 is 2.48 bits per heavy atom. The minimum Gasteiger partial charge on any atom is -0.330 e. The van der Waals surface area contributed by atoms with Crippen molar-refractivity contribution in [2.24, 2.45) is 0 Å². The molecule has 5 rings (SSSR count). The van der Waals surface area contributed by atoms with Gasteiger partial charge in [-0.15, -0.1) is 10.2 Å². The molecule has 0 bridgehead atoms. The minimum atomic E-state index is 0.617. The van der Waals surface area contributed by atoms with Gasteiger partial charge in [0.05, 0.1) is 12.2 Å². The van der Waals surface area contributed by atoms with Crippen LogP contribution in [-0.4, -0.2) is 41.5 Å². The number of nitrogens with zero attached hydrogens (tertiary/aromatic N) is 8. The molecule has 134 valence electrons. The van der Waals surface area contributed by atoms with Crippen molar-refractivity contribution in [2.45, 2.75) is 20.0 Å². The van der Waals surface area contributed by atoms with Gasteiger partial charge in [0, 0.05) is 18.7 Å². The molecule has 0 amide bonds. The lowest BCUT2D eigenvalue weighted by atomic mass is 10.2. The normalized spacial score (nSPS) is 13.6. The molecule has 0 fully saturated rings. The molecule has 0 aliphatic carbocycles. The first kappa shape index (κ1) is 15.7. The molecule has 0 spiro atoms. The maximum absolute atomic E-state index is 4.40. The van der Waals surface area contributed by atoms with E-state index in [1.165, 1.54) is 5.56 Å². The molecule has 2 aromatic carbocycles. The third-order valence-corrected chi connectivity index (χ3v) is 4.80. The summed E-state index contributed by atoms with van der Waals surface area (Å²) in [5.41, 5.74) is 3.22. The van der Waals surface area contributed by atoms with Gasteiger partial charge in [-0.2, -0.15) is 4.68 Å². The minimum absolute atomic E-state index is 0.617. The van der Waals surface area contributed by atoms with Crippen molar-refractivity contribution in [2.75, 3.05) is 11.4 Å². The SMILES string of the molecule is Cc1ccc(-n2nnnc2N2CCn3c(nnc3-c3ccccc3)C2)cc1. The van der Waals surface area contributed by atoms with Gasteiger partial charge in [-0.25, -0.2) is 0 Å². The van der Waals surface area contributed by atoms with Gasteiger partial charge in [-0.05, 0) is 29.5 Å². The van der Waals surface area contributed by atoms with Crippen molar-refractivity contribution in [1.29, 1.82) is 0 Å². The van der Waals surface area contributed by atoms with Gasteiger partial charge < -0.3 is 9.47 Å². The van der Waals surface area contributed by atoms with Crippen molar-refractivity contribution < 1.29 is 0 Å². The largest absolute Gasteiger partial charge is 0.330 e. The summed E-state index contributed by atoms with van der Waals surface area (Å²) in [5.74, 6) is 2.54. The number of aryl methyl sites for hydroxylation is 1. The van der Waals surface area contributed by atoms with Crippen LogP contribution in [0.5, 0.6) is 0 Å². The van der Waals surface area contributed by atoms with Crippen molar-refractivity contribution in [3.05, 3.63) is 66.0 Å². The summed E-state index contributed by atoms with van der Waals surface area (Å²) in [5, 5.41) is 21.1. The Morgan fingerprint density at radius 1 is 0.852 bits per heavy atom. The molecular formula is C19H18N8. The second-order valence-corrected chi connectivity index (χ2v) is 6.61. The second kappa shape index (κ2) is 6.31. The zero-order valence-electron chi connectivity index (χ0n) is 14.9. The molecule has 2 aromatic heterocycles. The van der Waals surface area contributed by atoms with Crippen LogP contribution in [0.15, 0.2) is 54.6 Å². The molecule has 3 heterocycles. The summed E-state index contributed by atoms with van der Waals surface area (Å²) in [7, 11) is 0. The van der Waals surface area contributed by atoms with Crippen molar-refractivity contribution >= 4 is 5.95 Å². The molecule has 4 aromatic rings. The summed E-state index contributed by atoms with van der Waals surface area (Å²) in [4.78, 5) is 2.14. The van der Waals surface area contributed by atoms with E-state index in [9.17, 15) is 0 Å². The fourth-order valence-electron chi connectivity index (χ4n) is 3.36. The lowest BCUT2D eigenvalue weighted by molar-refractivity contribution is 0.550. The van der Waals surface area contributed by atoms with Crippen LogP contribution < -0.4 is 4.90 Å². The predicted octanol–water partition coefficient (Wildman–Crippen LogP) is 2.25. The first-order chi connectivity index (χ1) is 13.3. The monoisotopic (exact) mass is 358 g/mol. The number of aromatic nitrogens is 7. The van der Waals surface area contributed by atoms with Gasteiger partial charge >= 0.3 is 0 Å². The van der Waals surface area contributed by atoms with Gasteiger partial charge in [-0.1, -0.05) is 53.1 Å². The highest BCUT2D eigenvalue weighted by atomic mass is 15.6. The summed E-state index contributed by atoms with van der Waals surface area (Å²) < 4.78 is 3.94. The molecule has 0 radical (unpaired) electrons. The highest BCUT2D eigenvalue weighted by Gasteiger charge is 2.25. The Balaban J connectivity index is 1.45. The zero-order chi connectivity index (χ0) is 18.2. The Morgan fingerprint density at radius 2 is 1.67 bits per heavy atom. The number of anilines is 1. The highest BCUT2D eigenvalue weighted by molar-refractivity contribution is 5.55. The van der Waals surface area contributed by atoms with Crippen LogP contribution in [0.1, 0.15) is 11.4 Å². The zero-order valence-corrected chi connectivity index (χ0v) is 14.9. The number of hydrogen-bond donors (Lipinski definition) is 0. The number of hydrogen-bond acceptors (Lipinski definition) is 6. The highest BCUT2D eigenvalue weighted by Crippen LogP contribution is 2.24. The Kier molecular flexibility index (Phi) is 3.67. The molecule has 0 unspecified atom stereocenters. The van der Waals surface area contributed by atoms with Gasteiger partial charge in [-0.3, -0.25) is 0 Å². The molecule has 1 aliphatic heterocycles. The van der Waals surface area contributed by atoms with E-state index >= 15 is 0 Å². The van der Waals surface area contributed by atoms with E-state index in [-0.39, 0.29) is 0 Å². The van der Waals surface area contributed by atoms with E-state index in [0.717, 1.165) is 41.9 Å². The first-order valence-electron chi connectivity index (χ1n) is 8.87. The summed E-state index contributed by atoms with van der Waals surface area (Å²) in [6.07, 6.45) is 0. The van der Waals surface area contributed by atoms with Crippen LogP contribution >= 0.6 is 0 Å². The molecule has 0 N–H and O–H groups in total. The predicted molar refractivity (Wildman–Crippen MR) is 100 cm³/mol. The first-order valence-corrected chi connectivity index (χ1v) is 8.87. The van der Waals surface area contributed by atoms with Gasteiger partial charge in [0.2, 0.25) is 0 Å². The molecule has 27 heavy (non-hydrogen) atoms. The average molecular weight is 358 g/mol. The van der Waals surface area contributed by atoms with E-state index in [1.54, 1.807) is 4.68 Å². The van der Waals surface area contributed by atoms with Crippen LogP contribution in [0.25, 0.3) is 17.1 Å². The molecular weight excluding hydrogens is 340 g/mol. The summed E-state index contributed by atoms with van der Waals surface area (Å²) in [6, 6.07) is 18.3. The number of rotatable bonds is 3. The maximum atomic E-state index is 4.40. The van der Waals surface area contributed by atoms with Crippen molar-refractivity contribution in [3.8, 4) is 17.1 Å². The van der Waals surface area contributed by atoms with Crippen LogP contribution in [0, 0.1) is 6.92 Å². The topological polar surface area (TPSA) is 77.5 Å². The van der Waals surface area contributed by atoms with E-state index < -0.39 is 0 Å². The Bertz CT molecular complexity index is 1060. The smallest absolute Gasteiger partial charge is 0.250 e. The standard InChI is InChI=1S/C19H18N8/c1-14-7-9-16(10-8-14)27-19(22-23-24-27)25-11-12-26-17(13-25)20-21-18(26)15-5-3-2-4-6-15/h2-10H,11-13H2,1H3. The van der Waals surface area contributed by atoms with Crippen LogP contribution in [0.4, 0.5) is 5.95 Å². The number of tetrazole rings is 1. The molecule has 0 atom stereocenters. The molecule has 0 saturated carbocycles. The van der Waals surface area contributed by atoms with Gasteiger partial charge in [0.1, 0.15) is 0 Å². The van der Waals surface area contributed by atoms with Crippen LogP contribution in [-0.2, 0) is 13.1 Å². The third kappa shape index (κ3) is 2.75. The van der Waals surface area contributed by atoms with Crippen molar-refractivity contribution in [3.63, 3.8) is 0 Å². The van der Waals surface area contributed by atoms with Gasteiger partial charge in [0.25, 0.3) is 5.95 Å². The van der Waals surface area contributed by atoms with Gasteiger partial charge in [0.15, 0.2) is 11.6 Å². The average Bonchev–Trinajstić information content (AvgIpc) is 3.36. The van der Waals surface area contributed by atoms with E-state index in [2.05, 4.69) is 66.4 Å². The fourth-order valence-corrected chi connectivity index (χ4v) is 3.36. The van der Waals surface area contributed by atoms with Crippen LogP contribution in [0.2, 0.25) is 0 Å². The second-order valence-electron chi connectivity index (χ2n) is 6.61. The molecule has 1 aliphatic rings. The van der Waals surface area contributed by atoms with E-state index in [0.29, 0.717) is 6.54 Å². The molecule has 8 nitrogen and oxygen atoms in total. The third-order valence-electron chi connectivity index (χ3n) is 4.80. The quantitative estimate of drug-likeness (QED) is 0.559. The van der Waals surface area contributed by atoms with E-state index in [4.69, 9.17) is 0 Å². The lowest BCUT2D eigenvalue weighted by Gasteiger charge is -2.28. The maximum Gasteiger partial charge on any atom is 0.250 e.